The zero-order valence-corrected chi connectivity index (χ0v) is 9.81. The summed E-state index contributed by atoms with van der Waals surface area (Å²) in [5.41, 5.74) is 9.47. The van der Waals surface area contributed by atoms with E-state index in [9.17, 15) is 4.39 Å². The summed E-state index contributed by atoms with van der Waals surface area (Å²) in [6.07, 6.45) is 2.75. The highest BCUT2D eigenvalue weighted by atomic mass is 19.1. The second-order valence-corrected chi connectivity index (χ2v) is 4.10. The fourth-order valence-corrected chi connectivity index (χ4v) is 1.84. The largest absolute Gasteiger partial charge is 0.320 e. The van der Waals surface area contributed by atoms with Crippen LogP contribution in [0.2, 0.25) is 0 Å². The maximum absolute atomic E-state index is 13.1. The average Bonchev–Trinajstić information content (AvgIpc) is 2.26. The molecule has 0 aliphatic rings. The Hall–Kier alpha value is -1.81. The lowest BCUT2D eigenvalue weighted by Crippen LogP contribution is -2.13. The quantitative estimate of drug-likeness (QED) is 0.862. The predicted octanol–water partition coefficient (Wildman–Crippen LogP) is 2.28. The molecule has 0 spiro atoms. The summed E-state index contributed by atoms with van der Waals surface area (Å²) >= 11 is 0. The molecule has 0 saturated heterocycles. The van der Waals surface area contributed by atoms with E-state index in [0.29, 0.717) is 5.56 Å². The highest BCUT2D eigenvalue weighted by Gasteiger charge is 2.11. The summed E-state index contributed by atoms with van der Waals surface area (Å²) in [5, 5.41) is 0. The molecule has 17 heavy (non-hydrogen) atoms. The summed E-state index contributed by atoms with van der Waals surface area (Å²) < 4.78 is 13.1. The first-order chi connectivity index (χ1) is 8.06. The van der Waals surface area contributed by atoms with Crippen LogP contribution in [0.25, 0.3) is 0 Å². The number of nitrogens with zero attached hydrogens (tertiary/aromatic N) is 2. The molecule has 0 amide bonds. The average molecular weight is 231 g/mol. The van der Waals surface area contributed by atoms with Gasteiger partial charge in [-0.1, -0.05) is 0 Å². The molecule has 1 atom stereocenters. The van der Waals surface area contributed by atoms with Gasteiger partial charge in [-0.3, -0.25) is 9.97 Å². The van der Waals surface area contributed by atoms with Crippen molar-refractivity contribution in [3.8, 4) is 0 Å². The molecule has 2 N–H and O–H groups in total. The van der Waals surface area contributed by atoms with Crippen LogP contribution in [0.15, 0.2) is 30.6 Å². The van der Waals surface area contributed by atoms with Crippen LogP contribution in [0.1, 0.15) is 28.6 Å². The molecule has 2 aromatic heterocycles. The van der Waals surface area contributed by atoms with E-state index in [-0.39, 0.29) is 11.9 Å². The third-order valence-corrected chi connectivity index (χ3v) is 2.55. The Morgan fingerprint density at radius 3 is 2.29 bits per heavy atom. The smallest absolute Gasteiger partial charge is 0.141 e. The van der Waals surface area contributed by atoms with E-state index in [0.717, 1.165) is 17.0 Å². The van der Waals surface area contributed by atoms with Crippen molar-refractivity contribution in [3.05, 3.63) is 58.9 Å². The highest BCUT2D eigenvalue weighted by Crippen LogP contribution is 2.20. The first-order valence-electron chi connectivity index (χ1n) is 5.37. The number of halogens is 1. The molecule has 0 aliphatic carbocycles. The van der Waals surface area contributed by atoms with Gasteiger partial charge in [0, 0.05) is 17.6 Å². The standard InChI is InChI=1S/C13H14FN3/c1-8-3-10(4-9(2)17-8)13(15)11-5-12(14)7-16-6-11/h3-7,13H,15H2,1-2H3. The van der Waals surface area contributed by atoms with E-state index in [2.05, 4.69) is 9.97 Å². The summed E-state index contributed by atoms with van der Waals surface area (Å²) in [7, 11) is 0. The van der Waals surface area contributed by atoms with Crippen molar-refractivity contribution >= 4 is 0 Å². The number of pyridine rings is 2. The van der Waals surface area contributed by atoms with Crippen LogP contribution in [0, 0.1) is 19.7 Å². The zero-order valence-electron chi connectivity index (χ0n) is 9.81. The maximum atomic E-state index is 13.1. The molecule has 0 radical (unpaired) electrons. The van der Waals surface area contributed by atoms with E-state index < -0.39 is 0 Å². The molecule has 3 nitrogen and oxygen atoms in total. The highest BCUT2D eigenvalue weighted by molar-refractivity contribution is 5.31. The number of rotatable bonds is 2. The van der Waals surface area contributed by atoms with Crippen LogP contribution >= 0.6 is 0 Å². The first kappa shape index (κ1) is 11.7. The Morgan fingerprint density at radius 2 is 1.71 bits per heavy atom. The molecule has 0 fully saturated rings. The number of hydrogen-bond acceptors (Lipinski definition) is 3. The van der Waals surface area contributed by atoms with Crippen LogP contribution < -0.4 is 5.73 Å². The van der Waals surface area contributed by atoms with Gasteiger partial charge in [0.2, 0.25) is 0 Å². The number of aromatic nitrogens is 2. The molecule has 0 aliphatic heterocycles. The normalized spacial score (nSPS) is 12.5. The van der Waals surface area contributed by atoms with Crippen molar-refractivity contribution in [3.63, 3.8) is 0 Å². The van der Waals surface area contributed by atoms with Crippen molar-refractivity contribution < 1.29 is 4.39 Å². The minimum atomic E-state index is -0.376. The molecule has 0 saturated carbocycles. The summed E-state index contributed by atoms with van der Waals surface area (Å²) in [5.74, 6) is -0.375. The van der Waals surface area contributed by atoms with Gasteiger partial charge in [0.25, 0.3) is 0 Å². The molecular formula is C13H14FN3. The van der Waals surface area contributed by atoms with Gasteiger partial charge in [0.15, 0.2) is 0 Å². The zero-order chi connectivity index (χ0) is 12.4. The Bertz CT molecular complexity index is 520. The third-order valence-electron chi connectivity index (χ3n) is 2.55. The fourth-order valence-electron chi connectivity index (χ4n) is 1.84. The predicted molar refractivity (Wildman–Crippen MR) is 63.9 cm³/mol. The Morgan fingerprint density at radius 1 is 1.06 bits per heavy atom. The van der Waals surface area contributed by atoms with Crippen LogP contribution in [0.4, 0.5) is 4.39 Å². The van der Waals surface area contributed by atoms with Crippen molar-refractivity contribution in [1.29, 1.82) is 0 Å². The minimum absolute atomic E-state index is 0.375. The van der Waals surface area contributed by atoms with Crippen molar-refractivity contribution in [2.75, 3.05) is 0 Å². The van der Waals surface area contributed by atoms with Crippen LogP contribution in [-0.2, 0) is 0 Å². The van der Waals surface area contributed by atoms with Gasteiger partial charge >= 0.3 is 0 Å². The Kier molecular flexibility index (Phi) is 3.15. The molecule has 0 bridgehead atoms. The molecule has 88 valence electrons. The van der Waals surface area contributed by atoms with Gasteiger partial charge in [0.05, 0.1) is 12.2 Å². The lowest BCUT2D eigenvalue weighted by molar-refractivity contribution is 0.616. The maximum Gasteiger partial charge on any atom is 0.141 e. The van der Waals surface area contributed by atoms with Crippen molar-refractivity contribution in [2.45, 2.75) is 19.9 Å². The molecular weight excluding hydrogens is 217 g/mol. The molecule has 1 unspecified atom stereocenters. The molecule has 2 heterocycles. The number of hydrogen-bond donors (Lipinski definition) is 1. The second kappa shape index (κ2) is 4.59. The molecule has 4 heteroatoms. The topological polar surface area (TPSA) is 51.8 Å². The van der Waals surface area contributed by atoms with E-state index >= 15 is 0 Å². The summed E-state index contributed by atoms with van der Waals surface area (Å²) in [6, 6.07) is 4.84. The van der Waals surface area contributed by atoms with Gasteiger partial charge in [0.1, 0.15) is 5.82 Å². The third kappa shape index (κ3) is 2.65. The van der Waals surface area contributed by atoms with Crippen molar-refractivity contribution in [2.24, 2.45) is 5.73 Å². The van der Waals surface area contributed by atoms with E-state index in [4.69, 9.17) is 5.73 Å². The summed E-state index contributed by atoms with van der Waals surface area (Å²) in [4.78, 5) is 8.09. The fraction of sp³-hybridized carbons (Fsp3) is 0.231. The van der Waals surface area contributed by atoms with Gasteiger partial charge in [-0.25, -0.2) is 4.39 Å². The van der Waals surface area contributed by atoms with Gasteiger partial charge < -0.3 is 5.73 Å². The molecule has 0 aromatic carbocycles. The SMILES string of the molecule is Cc1cc(C(N)c2cncc(F)c2)cc(C)n1. The van der Waals surface area contributed by atoms with Gasteiger partial charge in [-0.2, -0.15) is 0 Å². The first-order valence-corrected chi connectivity index (χ1v) is 5.37. The minimum Gasteiger partial charge on any atom is -0.320 e. The molecule has 2 rings (SSSR count). The lowest BCUT2D eigenvalue weighted by atomic mass is 10.0. The monoisotopic (exact) mass is 231 g/mol. The van der Waals surface area contributed by atoms with Crippen LogP contribution in [0.5, 0.6) is 0 Å². The van der Waals surface area contributed by atoms with Crippen LogP contribution in [0.3, 0.4) is 0 Å². The van der Waals surface area contributed by atoms with Gasteiger partial charge in [-0.15, -0.1) is 0 Å². The Labute approximate surface area is 99.5 Å². The molecule has 2 aromatic rings. The second-order valence-electron chi connectivity index (χ2n) is 4.10. The van der Waals surface area contributed by atoms with Crippen LogP contribution in [-0.4, -0.2) is 9.97 Å². The lowest BCUT2D eigenvalue weighted by Gasteiger charge is -2.13. The van der Waals surface area contributed by atoms with E-state index in [1.807, 2.05) is 26.0 Å². The summed E-state index contributed by atoms with van der Waals surface area (Å²) in [6.45, 7) is 3.82. The van der Waals surface area contributed by atoms with Crippen molar-refractivity contribution in [1.82, 2.24) is 9.97 Å². The van der Waals surface area contributed by atoms with Gasteiger partial charge in [-0.05, 0) is 43.2 Å². The number of aryl methyl sites for hydroxylation is 2. The Balaban J connectivity index is 2.39. The van der Waals surface area contributed by atoms with E-state index in [1.165, 1.54) is 12.3 Å². The number of nitrogens with two attached hydrogens (primary N) is 1. The van der Waals surface area contributed by atoms with E-state index in [1.54, 1.807) is 6.20 Å².